The van der Waals surface area contributed by atoms with Crippen molar-refractivity contribution in [2.45, 2.75) is 139 Å². The molecule has 4 bridgehead atoms. The van der Waals surface area contributed by atoms with Crippen LogP contribution in [0.5, 0.6) is 0 Å². The molecule has 3 saturated carbocycles. The third kappa shape index (κ3) is 7.76. The first-order valence-electron chi connectivity index (χ1n) is 19.1. The monoisotopic (exact) mass is 753 g/mol. The van der Waals surface area contributed by atoms with Gasteiger partial charge >= 0.3 is 12.2 Å². The predicted molar refractivity (Wildman–Crippen MR) is 192 cm³/mol. The van der Waals surface area contributed by atoms with Crippen LogP contribution in [0.2, 0.25) is 0 Å². The van der Waals surface area contributed by atoms with Crippen LogP contribution in [-0.4, -0.2) is 89.2 Å². The number of ether oxygens (including phenoxy) is 2. The number of amides is 5. The highest BCUT2D eigenvalue weighted by molar-refractivity contribution is 7.91. The van der Waals surface area contributed by atoms with Gasteiger partial charge in [-0.05, 0) is 94.2 Å². The number of carbonyl (C=O) groups excluding carboxylic acids is 5. The Kier molecular flexibility index (Phi) is 10.0. The summed E-state index contributed by atoms with van der Waals surface area (Å²) in [7, 11) is -3.90. The SMILES string of the molecule is C=C[C@@H]1C[C@]1(NC(=O)[C@@H]1C[C@@H]2CN1C(=O)[C@H](C1CCCC1)NC(=O)OC(C)(C)CCCCc1cccc3c1CN(C3)C(=O)O2)C(=O)NS(=O)(=O)C1CC1. The van der Waals surface area contributed by atoms with E-state index in [1.807, 2.05) is 26.0 Å². The van der Waals surface area contributed by atoms with Crippen molar-refractivity contribution in [3.63, 3.8) is 0 Å². The number of rotatable bonds is 7. The number of hydrogen-bond acceptors (Lipinski definition) is 9. The Labute approximate surface area is 310 Å². The Morgan fingerprint density at radius 3 is 2.45 bits per heavy atom. The van der Waals surface area contributed by atoms with Crippen molar-refractivity contribution >= 4 is 39.9 Å². The molecule has 0 aromatic heterocycles. The molecule has 3 aliphatic carbocycles. The second-order valence-corrected chi connectivity index (χ2v) is 18.3. The van der Waals surface area contributed by atoms with Crippen molar-refractivity contribution in [1.29, 1.82) is 0 Å². The van der Waals surface area contributed by atoms with Gasteiger partial charge in [-0.2, -0.15) is 0 Å². The van der Waals surface area contributed by atoms with Gasteiger partial charge in [0.15, 0.2) is 0 Å². The van der Waals surface area contributed by atoms with Crippen LogP contribution in [0.1, 0.15) is 101 Å². The van der Waals surface area contributed by atoms with Crippen molar-refractivity contribution in [3.8, 4) is 0 Å². The summed E-state index contributed by atoms with van der Waals surface area (Å²) in [6.45, 7) is 8.12. The number of cyclic esters (lactones) is 1. The van der Waals surface area contributed by atoms with Crippen LogP contribution in [-0.2, 0) is 53.4 Å². The molecule has 5 amide bonds. The van der Waals surface area contributed by atoms with Gasteiger partial charge in [0, 0.05) is 25.4 Å². The number of fused-ring (bicyclic) bond motifs is 3. The van der Waals surface area contributed by atoms with Crippen LogP contribution in [0.15, 0.2) is 30.9 Å². The number of sulfonamides is 1. The normalized spacial score (nSPS) is 30.6. The third-order valence-corrected chi connectivity index (χ3v) is 13.8. The fraction of sp³-hybridized carbons (Fsp3) is 0.658. The summed E-state index contributed by atoms with van der Waals surface area (Å²) in [5, 5.41) is 4.99. The number of alkyl carbamates (subject to hydrolysis) is 1. The fourth-order valence-electron chi connectivity index (χ4n) is 8.64. The molecule has 53 heavy (non-hydrogen) atoms. The number of carbonyl (C=O) groups is 5. The lowest BCUT2D eigenvalue weighted by molar-refractivity contribution is -0.142. The molecule has 5 atom stereocenters. The molecule has 1 saturated heterocycles. The van der Waals surface area contributed by atoms with Gasteiger partial charge in [0.1, 0.15) is 29.3 Å². The van der Waals surface area contributed by atoms with Crippen LogP contribution in [0, 0.1) is 11.8 Å². The third-order valence-electron chi connectivity index (χ3n) is 12.0. The van der Waals surface area contributed by atoms with E-state index in [2.05, 4.69) is 28.0 Å². The zero-order valence-electron chi connectivity index (χ0n) is 30.6. The van der Waals surface area contributed by atoms with Crippen molar-refractivity contribution in [2.24, 2.45) is 11.8 Å². The first-order valence-corrected chi connectivity index (χ1v) is 20.6. The molecule has 3 heterocycles. The number of nitrogens with one attached hydrogen (secondary N) is 3. The van der Waals surface area contributed by atoms with Crippen LogP contribution in [0.3, 0.4) is 0 Å². The zero-order valence-corrected chi connectivity index (χ0v) is 31.4. The molecule has 1 aromatic carbocycles. The first-order chi connectivity index (χ1) is 25.2. The maximum Gasteiger partial charge on any atom is 0.410 e. The van der Waals surface area contributed by atoms with Gasteiger partial charge in [-0.1, -0.05) is 37.1 Å². The Morgan fingerprint density at radius 2 is 1.75 bits per heavy atom. The van der Waals surface area contributed by atoms with E-state index in [1.165, 1.54) is 11.0 Å². The minimum absolute atomic E-state index is 0.0545. The number of benzene rings is 1. The van der Waals surface area contributed by atoms with E-state index in [9.17, 15) is 32.4 Å². The summed E-state index contributed by atoms with van der Waals surface area (Å²) in [6, 6.07) is 3.89. The summed E-state index contributed by atoms with van der Waals surface area (Å²) in [6.07, 6.45) is 6.57. The van der Waals surface area contributed by atoms with Crippen molar-refractivity contribution < 1.29 is 41.9 Å². The van der Waals surface area contributed by atoms with Crippen LogP contribution in [0.4, 0.5) is 9.59 Å². The molecule has 6 aliphatic rings. The zero-order chi connectivity index (χ0) is 37.7. The van der Waals surface area contributed by atoms with Crippen LogP contribution >= 0.6 is 0 Å². The summed E-state index contributed by atoms with van der Waals surface area (Å²) < 4.78 is 39.5. The van der Waals surface area contributed by atoms with Crippen molar-refractivity contribution in [1.82, 2.24) is 25.2 Å². The standard InChI is InChI=1S/C38H51N5O9S/c1-4-26-19-38(26,34(46)41-53(49,50)28-15-16-28)40-32(44)30-18-27-21-43(30)33(45)31(24-11-5-6-12-24)39-35(47)52-37(2,3)17-8-7-10-23-13-9-14-25-20-42(22-29(23)25)36(48)51-27/h4,9,13-14,24,26-28,30-31H,1,5-8,10-12,15-22H2,2-3H3,(H,39,47)(H,40,44)(H,41,46)/t26-,27-,30+,31+,38-/m1/s1. The Morgan fingerprint density at radius 1 is 1.02 bits per heavy atom. The van der Waals surface area contributed by atoms with Crippen molar-refractivity contribution in [3.05, 3.63) is 47.5 Å². The van der Waals surface area contributed by atoms with E-state index in [4.69, 9.17) is 9.47 Å². The predicted octanol–water partition coefficient (Wildman–Crippen LogP) is 3.57. The number of hydrogen-bond donors (Lipinski definition) is 3. The number of nitrogens with zero attached hydrogens (tertiary/aromatic N) is 2. The van der Waals surface area contributed by atoms with E-state index in [1.54, 1.807) is 4.90 Å². The quantitative estimate of drug-likeness (QED) is 0.351. The van der Waals surface area contributed by atoms with Gasteiger partial charge in [0.25, 0.3) is 5.91 Å². The molecule has 3 aliphatic heterocycles. The van der Waals surface area contributed by atoms with E-state index in [0.29, 0.717) is 45.2 Å². The first kappa shape index (κ1) is 37.2. The molecule has 4 fully saturated rings. The minimum atomic E-state index is -3.90. The molecule has 0 spiro atoms. The Bertz CT molecular complexity index is 1790. The summed E-state index contributed by atoms with van der Waals surface area (Å²) in [5.74, 6) is -2.77. The molecular weight excluding hydrogens is 703 g/mol. The highest BCUT2D eigenvalue weighted by atomic mass is 32.2. The van der Waals surface area contributed by atoms with Gasteiger partial charge in [0.05, 0.1) is 11.8 Å². The minimum Gasteiger partial charge on any atom is -0.444 e. The van der Waals surface area contributed by atoms with Gasteiger partial charge in [-0.25, -0.2) is 18.0 Å². The molecule has 288 valence electrons. The fourth-order valence-corrected chi connectivity index (χ4v) is 10.0. The highest BCUT2D eigenvalue weighted by Gasteiger charge is 2.62. The molecule has 0 unspecified atom stereocenters. The molecule has 0 radical (unpaired) electrons. The molecule has 3 N–H and O–H groups in total. The molecule has 1 aromatic rings. The van der Waals surface area contributed by atoms with Gasteiger partial charge in [0.2, 0.25) is 21.8 Å². The Balaban J connectivity index is 1.17. The lowest BCUT2D eigenvalue weighted by Crippen LogP contribution is -2.59. The topological polar surface area (TPSA) is 181 Å². The lowest BCUT2D eigenvalue weighted by Gasteiger charge is -2.33. The Hall–Kier alpha value is -4.14. The maximum absolute atomic E-state index is 14.6. The highest BCUT2D eigenvalue weighted by Crippen LogP contribution is 2.45. The largest absolute Gasteiger partial charge is 0.444 e. The maximum atomic E-state index is 14.6. The lowest BCUT2D eigenvalue weighted by atomic mass is 9.95. The van der Waals surface area contributed by atoms with Gasteiger partial charge < -0.3 is 25.0 Å². The van der Waals surface area contributed by atoms with Crippen LogP contribution in [0.25, 0.3) is 0 Å². The number of aryl methyl sites for hydroxylation is 1. The van der Waals surface area contributed by atoms with E-state index < -0.39 is 80.4 Å². The van der Waals surface area contributed by atoms with Crippen molar-refractivity contribution in [2.75, 3.05) is 6.54 Å². The summed E-state index contributed by atoms with van der Waals surface area (Å²) in [4.78, 5) is 72.5. The second-order valence-electron chi connectivity index (χ2n) is 16.4. The molecule has 7 rings (SSSR count). The van der Waals surface area contributed by atoms with E-state index >= 15 is 0 Å². The summed E-state index contributed by atoms with van der Waals surface area (Å²) >= 11 is 0. The van der Waals surface area contributed by atoms with Gasteiger partial charge in [-0.3, -0.25) is 24.0 Å². The van der Waals surface area contributed by atoms with Crippen LogP contribution < -0.4 is 15.4 Å². The van der Waals surface area contributed by atoms with E-state index in [0.717, 1.165) is 48.8 Å². The average Bonchev–Trinajstić information content (AvgIpc) is 3.88. The molecule has 14 nitrogen and oxygen atoms in total. The molecule has 15 heteroatoms. The smallest absolute Gasteiger partial charge is 0.410 e. The summed E-state index contributed by atoms with van der Waals surface area (Å²) in [5.41, 5.74) is 0.920. The van der Waals surface area contributed by atoms with E-state index in [-0.39, 0.29) is 25.3 Å². The average molecular weight is 754 g/mol. The second kappa shape index (κ2) is 14.3. The molecular formula is C38H51N5O9S. The van der Waals surface area contributed by atoms with Gasteiger partial charge in [-0.15, -0.1) is 6.58 Å².